The average molecular weight is 168 g/mol. The summed E-state index contributed by atoms with van der Waals surface area (Å²) in [6, 6.07) is 0.508. The van der Waals surface area contributed by atoms with Crippen LogP contribution >= 0.6 is 0 Å². The molecule has 1 atom stereocenters. The third kappa shape index (κ3) is 1.50. The Morgan fingerprint density at radius 2 is 1.92 bits per heavy atom. The van der Waals surface area contributed by atoms with Crippen LogP contribution in [-0.2, 0) is 0 Å². The zero-order valence-electron chi connectivity index (χ0n) is 8.05. The van der Waals surface area contributed by atoms with E-state index in [4.69, 9.17) is 5.73 Å². The minimum Gasteiger partial charge on any atom is -0.328 e. The summed E-state index contributed by atoms with van der Waals surface area (Å²) in [5, 5.41) is 0. The highest BCUT2D eigenvalue weighted by atomic mass is 15.1. The molecule has 0 aromatic carbocycles. The van der Waals surface area contributed by atoms with Crippen molar-refractivity contribution in [2.45, 2.75) is 38.1 Å². The van der Waals surface area contributed by atoms with E-state index in [2.05, 4.69) is 11.9 Å². The minimum absolute atomic E-state index is 0.508. The second kappa shape index (κ2) is 3.00. The number of nitrogens with zero attached hydrogens (tertiary/aromatic N) is 1. The first kappa shape index (κ1) is 8.52. The van der Waals surface area contributed by atoms with Crippen LogP contribution in [0.4, 0.5) is 0 Å². The Bertz CT molecular complexity index is 159. The molecule has 0 radical (unpaired) electrons. The van der Waals surface area contributed by atoms with E-state index < -0.39 is 0 Å². The summed E-state index contributed by atoms with van der Waals surface area (Å²) in [5.74, 6) is 0. The molecule has 2 heteroatoms. The fourth-order valence-corrected chi connectivity index (χ4v) is 2.80. The molecule has 1 spiro atoms. The molecule has 70 valence electrons. The van der Waals surface area contributed by atoms with E-state index in [1.807, 2.05) is 0 Å². The van der Waals surface area contributed by atoms with Gasteiger partial charge in [-0.1, -0.05) is 0 Å². The van der Waals surface area contributed by atoms with Crippen LogP contribution in [0.2, 0.25) is 0 Å². The van der Waals surface area contributed by atoms with Gasteiger partial charge in [-0.3, -0.25) is 0 Å². The van der Waals surface area contributed by atoms with Crippen LogP contribution in [0.3, 0.4) is 0 Å². The molecule has 0 bridgehead atoms. The fourth-order valence-electron chi connectivity index (χ4n) is 2.80. The summed E-state index contributed by atoms with van der Waals surface area (Å²) in [5.41, 5.74) is 6.62. The molecule has 12 heavy (non-hydrogen) atoms. The largest absolute Gasteiger partial charge is 0.328 e. The van der Waals surface area contributed by atoms with Crippen LogP contribution in [0, 0.1) is 5.41 Å². The van der Waals surface area contributed by atoms with Gasteiger partial charge >= 0.3 is 0 Å². The summed E-state index contributed by atoms with van der Waals surface area (Å²) in [6.45, 7) is 2.57. The molecule has 0 aromatic heterocycles. The molecule has 0 amide bonds. The maximum atomic E-state index is 5.96. The summed E-state index contributed by atoms with van der Waals surface area (Å²) in [4.78, 5) is 2.44. The Kier molecular flexibility index (Phi) is 2.13. The standard InChI is InChI=1S/C10H20N2/c1-12-6-4-10(5-7-12)3-2-9(11)8-10/h9H,2-8,11H2,1H3. The monoisotopic (exact) mass is 168 g/mol. The van der Waals surface area contributed by atoms with Gasteiger partial charge in [-0.2, -0.15) is 0 Å². The highest BCUT2D eigenvalue weighted by Gasteiger charge is 2.39. The third-order valence-corrected chi connectivity index (χ3v) is 3.79. The van der Waals surface area contributed by atoms with E-state index in [9.17, 15) is 0 Å². The Labute approximate surface area is 75.1 Å². The Balaban J connectivity index is 1.95. The van der Waals surface area contributed by atoms with Crippen molar-refractivity contribution in [2.75, 3.05) is 20.1 Å². The van der Waals surface area contributed by atoms with Gasteiger partial charge < -0.3 is 10.6 Å². The van der Waals surface area contributed by atoms with Gasteiger partial charge in [0, 0.05) is 6.04 Å². The van der Waals surface area contributed by atoms with Crippen molar-refractivity contribution in [1.29, 1.82) is 0 Å². The quantitative estimate of drug-likeness (QED) is 0.589. The van der Waals surface area contributed by atoms with Gasteiger partial charge in [-0.05, 0) is 57.7 Å². The lowest BCUT2D eigenvalue weighted by atomic mass is 9.77. The van der Waals surface area contributed by atoms with Crippen LogP contribution in [0.15, 0.2) is 0 Å². The predicted molar refractivity (Wildman–Crippen MR) is 51.0 cm³/mol. The van der Waals surface area contributed by atoms with Gasteiger partial charge in [0.1, 0.15) is 0 Å². The van der Waals surface area contributed by atoms with Gasteiger partial charge in [-0.15, -0.1) is 0 Å². The molecular weight excluding hydrogens is 148 g/mol. The van der Waals surface area contributed by atoms with Gasteiger partial charge in [0.15, 0.2) is 0 Å². The molecule has 0 aromatic rings. The summed E-state index contributed by atoms with van der Waals surface area (Å²) in [7, 11) is 2.22. The van der Waals surface area contributed by atoms with Crippen molar-refractivity contribution in [3.05, 3.63) is 0 Å². The maximum Gasteiger partial charge on any atom is 0.00443 e. The van der Waals surface area contributed by atoms with E-state index in [1.165, 1.54) is 45.2 Å². The molecule has 1 aliphatic heterocycles. The SMILES string of the molecule is CN1CCC2(CCC(N)C2)CC1. The van der Waals surface area contributed by atoms with Crippen LogP contribution in [0.1, 0.15) is 32.1 Å². The molecule has 1 heterocycles. The molecule has 1 saturated carbocycles. The predicted octanol–water partition coefficient (Wildman–Crippen LogP) is 1.21. The van der Waals surface area contributed by atoms with Crippen LogP contribution in [0.5, 0.6) is 0 Å². The first-order valence-electron chi connectivity index (χ1n) is 5.14. The Morgan fingerprint density at radius 3 is 2.42 bits per heavy atom. The summed E-state index contributed by atoms with van der Waals surface area (Å²) < 4.78 is 0. The van der Waals surface area contributed by atoms with E-state index in [0.717, 1.165) is 0 Å². The first-order chi connectivity index (χ1) is 5.70. The lowest BCUT2D eigenvalue weighted by molar-refractivity contribution is 0.127. The minimum atomic E-state index is 0.508. The summed E-state index contributed by atoms with van der Waals surface area (Å²) in [6.07, 6.45) is 6.72. The van der Waals surface area contributed by atoms with E-state index in [0.29, 0.717) is 11.5 Å². The van der Waals surface area contributed by atoms with Crippen molar-refractivity contribution in [3.8, 4) is 0 Å². The molecule has 1 unspecified atom stereocenters. The second-order valence-electron chi connectivity index (χ2n) is 4.81. The second-order valence-corrected chi connectivity index (χ2v) is 4.81. The number of hydrogen-bond acceptors (Lipinski definition) is 2. The van der Waals surface area contributed by atoms with Crippen LogP contribution in [0.25, 0.3) is 0 Å². The molecule has 2 aliphatic rings. The molecular formula is C10H20N2. The number of piperidine rings is 1. The molecule has 2 rings (SSSR count). The van der Waals surface area contributed by atoms with Crippen molar-refractivity contribution in [2.24, 2.45) is 11.1 Å². The number of nitrogens with two attached hydrogens (primary N) is 1. The van der Waals surface area contributed by atoms with Crippen molar-refractivity contribution < 1.29 is 0 Å². The highest BCUT2D eigenvalue weighted by Crippen LogP contribution is 2.45. The molecule has 1 aliphatic carbocycles. The number of hydrogen-bond donors (Lipinski definition) is 1. The Hall–Kier alpha value is -0.0800. The molecule has 2 fully saturated rings. The van der Waals surface area contributed by atoms with E-state index in [-0.39, 0.29) is 0 Å². The Morgan fingerprint density at radius 1 is 1.25 bits per heavy atom. The van der Waals surface area contributed by atoms with Crippen molar-refractivity contribution >= 4 is 0 Å². The normalized spacial score (nSPS) is 36.0. The lowest BCUT2D eigenvalue weighted by Crippen LogP contribution is -2.37. The van der Waals surface area contributed by atoms with Gasteiger partial charge in [0.2, 0.25) is 0 Å². The van der Waals surface area contributed by atoms with E-state index >= 15 is 0 Å². The smallest absolute Gasteiger partial charge is 0.00443 e. The van der Waals surface area contributed by atoms with E-state index in [1.54, 1.807) is 0 Å². The summed E-state index contributed by atoms with van der Waals surface area (Å²) >= 11 is 0. The molecule has 2 N–H and O–H groups in total. The number of likely N-dealkylation sites (tertiary alicyclic amines) is 1. The van der Waals surface area contributed by atoms with Crippen LogP contribution in [-0.4, -0.2) is 31.1 Å². The third-order valence-electron chi connectivity index (χ3n) is 3.79. The number of rotatable bonds is 0. The van der Waals surface area contributed by atoms with Crippen LogP contribution < -0.4 is 5.73 Å². The maximum absolute atomic E-state index is 5.96. The first-order valence-corrected chi connectivity index (χ1v) is 5.14. The van der Waals surface area contributed by atoms with Gasteiger partial charge in [-0.25, -0.2) is 0 Å². The zero-order valence-corrected chi connectivity index (χ0v) is 8.05. The average Bonchev–Trinajstić information content (AvgIpc) is 2.40. The van der Waals surface area contributed by atoms with Crippen molar-refractivity contribution in [3.63, 3.8) is 0 Å². The van der Waals surface area contributed by atoms with Gasteiger partial charge in [0.25, 0.3) is 0 Å². The molecule has 1 saturated heterocycles. The van der Waals surface area contributed by atoms with Gasteiger partial charge in [0.05, 0.1) is 0 Å². The highest BCUT2D eigenvalue weighted by molar-refractivity contribution is 4.93. The van der Waals surface area contributed by atoms with Crippen molar-refractivity contribution in [1.82, 2.24) is 4.90 Å². The fraction of sp³-hybridized carbons (Fsp3) is 1.00. The zero-order chi connectivity index (χ0) is 8.60. The lowest BCUT2D eigenvalue weighted by Gasteiger charge is -2.37. The molecule has 2 nitrogen and oxygen atoms in total. The topological polar surface area (TPSA) is 29.3 Å².